The van der Waals surface area contributed by atoms with Gasteiger partial charge >= 0.3 is 0 Å². The van der Waals surface area contributed by atoms with Crippen molar-refractivity contribution in [3.63, 3.8) is 0 Å². The minimum absolute atomic E-state index is 0.0950. The van der Waals surface area contributed by atoms with Crippen molar-refractivity contribution >= 4 is 39.6 Å². The largest absolute Gasteiger partial charge is 0.436 e. The van der Waals surface area contributed by atoms with Crippen LogP contribution in [-0.4, -0.2) is 26.1 Å². The average molecular weight is 467 g/mol. The van der Waals surface area contributed by atoms with Gasteiger partial charge in [-0.15, -0.1) is 0 Å². The zero-order valence-electron chi connectivity index (χ0n) is 18.9. The molecule has 3 heterocycles. The Bertz CT molecular complexity index is 1810. The van der Waals surface area contributed by atoms with Crippen LogP contribution >= 0.6 is 0 Å². The van der Waals surface area contributed by atoms with E-state index in [0.717, 1.165) is 27.5 Å². The molecule has 3 aromatic heterocycles. The summed E-state index contributed by atoms with van der Waals surface area (Å²) in [6.45, 7) is 0. The molecule has 0 fully saturated rings. The zero-order chi connectivity index (χ0) is 24.2. The van der Waals surface area contributed by atoms with Gasteiger partial charge in [-0.2, -0.15) is 4.98 Å². The first-order valence-electron chi connectivity index (χ1n) is 11.5. The lowest BCUT2D eigenvalue weighted by atomic mass is 10.0. The van der Waals surface area contributed by atoms with Crippen molar-refractivity contribution in [2.45, 2.75) is 0 Å². The van der Waals surface area contributed by atoms with E-state index in [4.69, 9.17) is 4.42 Å². The standard InChI is InChI=1S/C30H17N3O3/c34-28-22-13-18-7-4-5-8-19(18)14-23(22)29(35)24(28)15-27-32-30-25(33(27)21-10-2-1-3-11-21)16-26(36-30)20-9-6-12-31-17-20/h1-17H. The number of hydrogen-bond acceptors (Lipinski definition) is 5. The van der Waals surface area contributed by atoms with Crippen LogP contribution in [-0.2, 0) is 0 Å². The molecule has 1 aliphatic rings. The number of hydrogen-bond donors (Lipinski definition) is 0. The molecular formula is C30H17N3O3. The summed E-state index contributed by atoms with van der Waals surface area (Å²) >= 11 is 0. The number of Topliss-reactive ketones (excluding diaryl/α,β-unsaturated/α-hetero) is 2. The van der Waals surface area contributed by atoms with Crippen molar-refractivity contribution in [1.82, 2.24) is 14.5 Å². The third-order valence-corrected chi connectivity index (χ3v) is 6.48. The highest BCUT2D eigenvalue weighted by Crippen LogP contribution is 2.34. The number of furan rings is 1. The number of carbonyl (C=O) groups excluding carboxylic acids is 2. The Morgan fingerprint density at radius 3 is 2.14 bits per heavy atom. The highest BCUT2D eigenvalue weighted by molar-refractivity contribution is 6.42. The number of rotatable bonds is 3. The van der Waals surface area contributed by atoms with Crippen LogP contribution in [0.15, 0.2) is 107 Å². The number of ketones is 2. The molecule has 6 aromatic rings. The van der Waals surface area contributed by atoms with E-state index in [-0.39, 0.29) is 17.1 Å². The second-order valence-corrected chi connectivity index (χ2v) is 8.64. The summed E-state index contributed by atoms with van der Waals surface area (Å²) in [7, 11) is 0. The maximum atomic E-state index is 13.3. The van der Waals surface area contributed by atoms with Gasteiger partial charge in [0.15, 0.2) is 11.6 Å². The topological polar surface area (TPSA) is 78.0 Å². The fourth-order valence-corrected chi connectivity index (χ4v) is 4.76. The predicted octanol–water partition coefficient (Wildman–Crippen LogP) is 6.30. The van der Waals surface area contributed by atoms with Crippen LogP contribution in [0.1, 0.15) is 26.5 Å². The van der Waals surface area contributed by atoms with Gasteiger partial charge < -0.3 is 4.42 Å². The summed E-state index contributed by atoms with van der Waals surface area (Å²) in [6, 6.07) is 26.6. The molecule has 0 amide bonds. The maximum Gasteiger partial charge on any atom is 0.246 e. The van der Waals surface area contributed by atoms with Crippen LogP contribution in [0.25, 0.3) is 45.1 Å². The first-order valence-corrected chi connectivity index (χ1v) is 11.5. The molecule has 0 bridgehead atoms. The molecule has 170 valence electrons. The molecule has 6 nitrogen and oxygen atoms in total. The molecule has 0 N–H and O–H groups in total. The van der Waals surface area contributed by atoms with Crippen molar-refractivity contribution in [3.8, 4) is 17.0 Å². The van der Waals surface area contributed by atoms with Gasteiger partial charge in [0.25, 0.3) is 0 Å². The van der Waals surface area contributed by atoms with Crippen molar-refractivity contribution in [2.24, 2.45) is 0 Å². The SMILES string of the molecule is O=C1C(=Cc2nc3oc(-c4cccnc4)cc3n2-c2ccccc2)C(=O)c2cc3ccccc3cc21. The Balaban J connectivity index is 1.40. The lowest BCUT2D eigenvalue weighted by Crippen LogP contribution is -2.03. The van der Waals surface area contributed by atoms with E-state index >= 15 is 0 Å². The normalized spacial score (nSPS) is 13.1. The van der Waals surface area contributed by atoms with E-state index in [2.05, 4.69) is 9.97 Å². The fourth-order valence-electron chi connectivity index (χ4n) is 4.76. The molecule has 3 aromatic carbocycles. The van der Waals surface area contributed by atoms with Gasteiger partial charge in [0, 0.05) is 40.8 Å². The number of carbonyl (C=O) groups is 2. The summed E-state index contributed by atoms with van der Waals surface area (Å²) in [6.07, 6.45) is 5.00. The summed E-state index contributed by atoms with van der Waals surface area (Å²) < 4.78 is 7.95. The number of aromatic nitrogens is 3. The van der Waals surface area contributed by atoms with Gasteiger partial charge in [-0.1, -0.05) is 42.5 Å². The van der Waals surface area contributed by atoms with E-state index in [1.54, 1.807) is 30.6 Å². The molecule has 0 spiro atoms. The molecule has 0 radical (unpaired) electrons. The number of imidazole rings is 1. The van der Waals surface area contributed by atoms with Crippen molar-refractivity contribution in [3.05, 3.63) is 120 Å². The maximum absolute atomic E-state index is 13.3. The van der Waals surface area contributed by atoms with Crippen molar-refractivity contribution in [1.29, 1.82) is 0 Å². The van der Waals surface area contributed by atoms with Gasteiger partial charge in [0.05, 0.1) is 5.57 Å². The van der Waals surface area contributed by atoms with E-state index < -0.39 is 0 Å². The summed E-state index contributed by atoms with van der Waals surface area (Å²) in [4.78, 5) is 35.5. The minimum atomic E-state index is -0.295. The monoisotopic (exact) mass is 467 g/mol. The van der Waals surface area contributed by atoms with Crippen LogP contribution in [0.4, 0.5) is 0 Å². The molecular weight excluding hydrogens is 450 g/mol. The third kappa shape index (κ3) is 3.05. The van der Waals surface area contributed by atoms with Crippen LogP contribution in [0.5, 0.6) is 0 Å². The lowest BCUT2D eigenvalue weighted by molar-refractivity contribution is 0.0990. The Kier molecular flexibility index (Phi) is 4.35. The Morgan fingerprint density at radius 1 is 0.778 bits per heavy atom. The summed E-state index contributed by atoms with van der Waals surface area (Å²) in [5.74, 6) is 0.491. The molecule has 0 unspecified atom stereocenters. The smallest absolute Gasteiger partial charge is 0.246 e. The van der Waals surface area contributed by atoms with Gasteiger partial charge in [-0.25, -0.2) is 0 Å². The van der Waals surface area contributed by atoms with Gasteiger partial charge in [-0.3, -0.25) is 19.1 Å². The van der Waals surface area contributed by atoms with E-state index in [0.29, 0.717) is 28.4 Å². The number of allylic oxidation sites excluding steroid dienone is 1. The summed E-state index contributed by atoms with van der Waals surface area (Å²) in [5.41, 5.74) is 3.75. The van der Waals surface area contributed by atoms with E-state index in [1.807, 2.05) is 77.4 Å². The quantitative estimate of drug-likeness (QED) is 0.226. The number of benzene rings is 3. The molecule has 6 heteroatoms. The van der Waals surface area contributed by atoms with Crippen LogP contribution in [0.2, 0.25) is 0 Å². The molecule has 7 rings (SSSR count). The van der Waals surface area contributed by atoms with E-state index in [1.165, 1.54) is 0 Å². The molecule has 36 heavy (non-hydrogen) atoms. The molecule has 0 saturated carbocycles. The van der Waals surface area contributed by atoms with Gasteiger partial charge in [-0.05, 0) is 53.2 Å². The number of fused-ring (bicyclic) bond motifs is 3. The lowest BCUT2D eigenvalue weighted by Gasteiger charge is -2.06. The Labute approximate surface area is 205 Å². The van der Waals surface area contributed by atoms with Crippen LogP contribution < -0.4 is 0 Å². The molecule has 0 saturated heterocycles. The highest BCUT2D eigenvalue weighted by atomic mass is 16.3. The fraction of sp³-hybridized carbons (Fsp3) is 0. The van der Waals surface area contributed by atoms with Crippen LogP contribution in [0.3, 0.4) is 0 Å². The van der Waals surface area contributed by atoms with Crippen LogP contribution in [0, 0.1) is 0 Å². The number of nitrogens with zero attached hydrogens (tertiary/aromatic N) is 3. The summed E-state index contributed by atoms with van der Waals surface area (Å²) in [5, 5.41) is 1.84. The Hall–Kier alpha value is -5.10. The molecule has 0 aliphatic heterocycles. The zero-order valence-corrected chi connectivity index (χ0v) is 18.9. The van der Waals surface area contributed by atoms with Gasteiger partial charge in [0.2, 0.25) is 5.71 Å². The molecule has 1 aliphatic carbocycles. The second kappa shape index (κ2) is 7.71. The predicted molar refractivity (Wildman–Crippen MR) is 137 cm³/mol. The Morgan fingerprint density at radius 2 is 1.47 bits per heavy atom. The third-order valence-electron chi connectivity index (χ3n) is 6.48. The van der Waals surface area contributed by atoms with Gasteiger partial charge in [0.1, 0.15) is 17.1 Å². The highest BCUT2D eigenvalue weighted by Gasteiger charge is 2.34. The van der Waals surface area contributed by atoms with Crippen molar-refractivity contribution in [2.75, 3.05) is 0 Å². The van der Waals surface area contributed by atoms with Crippen molar-refractivity contribution < 1.29 is 14.0 Å². The first kappa shape index (κ1) is 20.3. The number of pyridine rings is 1. The average Bonchev–Trinajstić information content (AvgIpc) is 3.55. The minimum Gasteiger partial charge on any atom is -0.436 e. The van der Waals surface area contributed by atoms with E-state index in [9.17, 15) is 9.59 Å². The number of para-hydroxylation sites is 1. The molecule has 0 atom stereocenters. The second-order valence-electron chi connectivity index (χ2n) is 8.64. The first-order chi connectivity index (χ1) is 17.7.